The molecule has 0 saturated carbocycles. The first-order chi connectivity index (χ1) is 7.90. The number of aryl methyl sites for hydroxylation is 2. The van der Waals surface area contributed by atoms with Crippen LogP contribution in [-0.2, 0) is 11.3 Å². The Kier molecular flexibility index (Phi) is 4.45. The van der Waals surface area contributed by atoms with Crippen molar-refractivity contribution in [2.75, 3.05) is 0 Å². The van der Waals surface area contributed by atoms with Gasteiger partial charge >= 0.3 is 12.0 Å². The number of urea groups is 1. The molecule has 2 amide bonds. The zero-order valence-electron chi connectivity index (χ0n) is 9.90. The molecular formula is C10H15N3O3S. The summed E-state index contributed by atoms with van der Waals surface area (Å²) in [6.07, 6.45) is 0. The molecule has 1 aromatic rings. The zero-order chi connectivity index (χ0) is 13.0. The Morgan fingerprint density at radius 3 is 2.59 bits per heavy atom. The lowest BCUT2D eigenvalue weighted by Crippen LogP contribution is -2.44. The number of hydrogen-bond acceptors (Lipinski definition) is 4. The third-order valence-corrected chi connectivity index (χ3v) is 3.26. The molecule has 0 radical (unpaired) electrons. The number of nitrogens with one attached hydrogen (secondary N) is 2. The quantitative estimate of drug-likeness (QED) is 0.751. The summed E-state index contributed by atoms with van der Waals surface area (Å²) in [6, 6.07) is -1.42. The molecule has 1 rings (SSSR count). The number of nitrogens with zero attached hydrogens (tertiary/aromatic N) is 1. The molecular weight excluding hydrogens is 242 g/mol. The van der Waals surface area contributed by atoms with E-state index in [1.165, 1.54) is 18.3 Å². The van der Waals surface area contributed by atoms with E-state index in [9.17, 15) is 9.59 Å². The minimum absolute atomic E-state index is 0.303. The average molecular weight is 257 g/mol. The molecule has 0 aliphatic heterocycles. The van der Waals surface area contributed by atoms with Crippen LogP contribution in [0.3, 0.4) is 0 Å². The van der Waals surface area contributed by atoms with E-state index in [4.69, 9.17) is 5.11 Å². The monoisotopic (exact) mass is 257 g/mol. The van der Waals surface area contributed by atoms with Gasteiger partial charge in [0.25, 0.3) is 0 Å². The maximum absolute atomic E-state index is 11.3. The standard InChI is InChI=1S/C10H15N3O3S/c1-5-7(3)17-8(12-5)4-11-10(16)13-6(2)9(14)15/h6H,4H2,1-3H3,(H,14,15)(H2,11,13,16). The third-order valence-electron chi connectivity index (χ3n) is 2.19. The molecule has 0 fully saturated rings. The Bertz CT molecular complexity index is 411. The lowest BCUT2D eigenvalue weighted by Gasteiger charge is -2.09. The van der Waals surface area contributed by atoms with Gasteiger partial charge in [-0.05, 0) is 20.8 Å². The van der Waals surface area contributed by atoms with Crippen LogP contribution in [0.2, 0.25) is 0 Å². The summed E-state index contributed by atoms with van der Waals surface area (Å²) in [5.74, 6) is -1.07. The molecule has 1 heterocycles. The fourth-order valence-corrected chi connectivity index (χ4v) is 1.95. The van der Waals surface area contributed by atoms with Crippen molar-refractivity contribution < 1.29 is 14.7 Å². The number of carboxylic acids is 1. The lowest BCUT2D eigenvalue weighted by molar-refractivity contribution is -0.138. The van der Waals surface area contributed by atoms with Gasteiger partial charge in [-0.3, -0.25) is 4.79 Å². The molecule has 94 valence electrons. The summed E-state index contributed by atoms with van der Waals surface area (Å²) in [5.41, 5.74) is 0.950. The minimum Gasteiger partial charge on any atom is -0.480 e. The first-order valence-corrected chi connectivity index (χ1v) is 5.92. The fourth-order valence-electron chi connectivity index (χ4n) is 1.08. The number of hydrogen-bond donors (Lipinski definition) is 3. The molecule has 0 spiro atoms. The maximum Gasteiger partial charge on any atom is 0.325 e. The normalized spacial score (nSPS) is 11.9. The minimum atomic E-state index is -1.07. The number of thiazole rings is 1. The first kappa shape index (κ1) is 13.4. The summed E-state index contributed by atoms with van der Waals surface area (Å²) in [4.78, 5) is 27.2. The highest BCUT2D eigenvalue weighted by molar-refractivity contribution is 7.11. The molecule has 0 aliphatic carbocycles. The van der Waals surface area contributed by atoms with Gasteiger partial charge in [-0.1, -0.05) is 0 Å². The number of carbonyl (C=O) groups excluding carboxylic acids is 1. The van der Waals surface area contributed by atoms with Crippen LogP contribution in [0.25, 0.3) is 0 Å². The zero-order valence-corrected chi connectivity index (χ0v) is 10.7. The Labute approximate surface area is 103 Å². The molecule has 17 heavy (non-hydrogen) atoms. The molecule has 6 nitrogen and oxygen atoms in total. The van der Waals surface area contributed by atoms with Crippen LogP contribution in [0, 0.1) is 13.8 Å². The van der Waals surface area contributed by atoms with Crippen molar-refractivity contribution in [2.24, 2.45) is 0 Å². The van der Waals surface area contributed by atoms with Gasteiger partial charge in [0.2, 0.25) is 0 Å². The molecule has 0 aromatic carbocycles. The predicted molar refractivity (Wildman–Crippen MR) is 64.1 cm³/mol. The van der Waals surface area contributed by atoms with Crippen molar-refractivity contribution in [1.29, 1.82) is 0 Å². The molecule has 0 bridgehead atoms. The number of aliphatic carboxylic acids is 1. The van der Waals surface area contributed by atoms with Gasteiger partial charge in [0.15, 0.2) is 0 Å². The Morgan fingerprint density at radius 1 is 1.47 bits per heavy atom. The lowest BCUT2D eigenvalue weighted by atomic mass is 10.3. The van der Waals surface area contributed by atoms with E-state index in [1.54, 1.807) is 0 Å². The van der Waals surface area contributed by atoms with Crippen LogP contribution in [-0.4, -0.2) is 28.1 Å². The summed E-state index contributed by atoms with van der Waals surface area (Å²) in [6.45, 7) is 5.57. The summed E-state index contributed by atoms with van der Waals surface area (Å²) in [7, 11) is 0. The second-order valence-corrected chi connectivity index (χ2v) is 4.92. The Morgan fingerprint density at radius 2 is 2.12 bits per heavy atom. The average Bonchev–Trinajstić information content (AvgIpc) is 2.55. The number of carboxylic acid groups (broad SMARTS) is 1. The second kappa shape index (κ2) is 5.62. The van der Waals surface area contributed by atoms with Gasteiger partial charge in [-0.2, -0.15) is 0 Å². The Balaban J connectivity index is 2.40. The Hall–Kier alpha value is -1.63. The summed E-state index contributed by atoms with van der Waals surface area (Å²) >= 11 is 1.51. The van der Waals surface area contributed by atoms with E-state index in [1.807, 2.05) is 13.8 Å². The number of aromatic nitrogens is 1. The van der Waals surface area contributed by atoms with Gasteiger partial charge in [0, 0.05) is 4.88 Å². The molecule has 1 aromatic heterocycles. The van der Waals surface area contributed by atoms with Gasteiger partial charge in [-0.25, -0.2) is 9.78 Å². The highest BCUT2D eigenvalue weighted by atomic mass is 32.1. The number of amides is 2. The first-order valence-electron chi connectivity index (χ1n) is 5.10. The van der Waals surface area contributed by atoms with E-state index >= 15 is 0 Å². The number of rotatable bonds is 4. The molecule has 7 heteroatoms. The predicted octanol–water partition coefficient (Wildman–Crippen LogP) is 1.03. The largest absolute Gasteiger partial charge is 0.480 e. The van der Waals surface area contributed by atoms with Crippen molar-refractivity contribution in [1.82, 2.24) is 15.6 Å². The van der Waals surface area contributed by atoms with Crippen molar-refractivity contribution in [3.63, 3.8) is 0 Å². The summed E-state index contributed by atoms with van der Waals surface area (Å²) in [5, 5.41) is 14.3. The van der Waals surface area contributed by atoms with Crippen molar-refractivity contribution >= 4 is 23.3 Å². The van der Waals surface area contributed by atoms with Gasteiger partial charge < -0.3 is 15.7 Å². The van der Waals surface area contributed by atoms with Crippen LogP contribution < -0.4 is 10.6 Å². The van der Waals surface area contributed by atoms with Crippen LogP contribution in [0.4, 0.5) is 4.79 Å². The molecule has 1 unspecified atom stereocenters. The topological polar surface area (TPSA) is 91.3 Å². The smallest absolute Gasteiger partial charge is 0.325 e. The van der Waals surface area contributed by atoms with E-state index in [-0.39, 0.29) is 0 Å². The molecule has 0 aliphatic rings. The van der Waals surface area contributed by atoms with Crippen molar-refractivity contribution in [3.8, 4) is 0 Å². The van der Waals surface area contributed by atoms with Crippen LogP contribution in [0.15, 0.2) is 0 Å². The van der Waals surface area contributed by atoms with E-state index in [2.05, 4.69) is 15.6 Å². The maximum atomic E-state index is 11.3. The van der Waals surface area contributed by atoms with Gasteiger partial charge in [0.1, 0.15) is 11.0 Å². The third kappa shape index (κ3) is 4.03. The highest BCUT2D eigenvalue weighted by Gasteiger charge is 2.13. The van der Waals surface area contributed by atoms with E-state index in [0.717, 1.165) is 15.6 Å². The second-order valence-electron chi connectivity index (χ2n) is 3.64. The SMILES string of the molecule is Cc1nc(CNC(=O)NC(C)C(=O)O)sc1C. The fraction of sp³-hybridized carbons (Fsp3) is 0.500. The molecule has 3 N–H and O–H groups in total. The van der Waals surface area contributed by atoms with Crippen molar-refractivity contribution in [2.45, 2.75) is 33.4 Å². The van der Waals surface area contributed by atoms with Crippen LogP contribution in [0.1, 0.15) is 22.5 Å². The van der Waals surface area contributed by atoms with Crippen molar-refractivity contribution in [3.05, 3.63) is 15.6 Å². The van der Waals surface area contributed by atoms with Gasteiger partial charge in [-0.15, -0.1) is 11.3 Å². The van der Waals surface area contributed by atoms with Crippen LogP contribution >= 0.6 is 11.3 Å². The van der Waals surface area contributed by atoms with Gasteiger partial charge in [0.05, 0.1) is 12.2 Å². The highest BCUT2D eigenvalue weighted by Crippen LogP contribution is 2.15. The summed E-state index contributed by atoms with van der Waals surface area (Å²) < 4.78 is 0. The molecule has 1 atom stereocenters. The van der Waals surface area contributed by atoms with E-state index in [0.29, 0.717) is 6.54 Å². The van der Waals surface area contributed by atoms with Crippen LogP contribution in [0.5, 0.6) is 0 Å². The molecule has 0 saturated heterocycles. The van der Waals surface area contributed by atoms with E-state index < -0.39 is 18.0 Å². The number of carbonyl (C=O) groups is 2.